The Labute approximate surface area is 347 Å². The first-order chi connectivity index (χ1) is 27.6. The van der Waals surface area contributed by atoms with Gasteiger partial charge in [0.15, 0.2) is 0 Å². The average molecular weight is 760 g/mol. The molecule has 3 aliphatic heterocycles. The molecule has 3 nitrogen and oxygen atoms in total. The Morgan fingerprint density at radius 2 is 1.19 bits per heavy atom. The summed E-state index contributed by atoms with van der Waals surface area (Å²) >= 11 is 0. The zero-order valence-corrected chi connectivity index (χ0v) is 36.3. The Kier molecular flexibility index (Phi) is 8.08. The van der Waals surface area contributed by atoms with Crippen molar-refractivity contribution in [1.29, 1.82) is 0 Å². The molecule has 292 valence electrons. The molecule has 2 unspecified atom stereocenters. The third kappa shape index (κ3) is 5.19. The molecular formula is C54H58BN3. The molecule has 0 spiro atoms. The van der Waals surface area contributed by atoms with Crippen molar-refractivity contribution in [2.45, 2.75) is 117 Å². The molecule has 0 N–H and O–H groups in total. The number of rotatable bonds is 4. The SMILES string of the molecule is Cc1ccccc1N(c1cc2c3c(c1)N1c4c(cccc4C4(C)CCCCC14C)B3c1cc(C(C)(C)C)ccc1N2c1ccc(C(C)(C)C)cc1)c1ccccc1C. The van der Waals surface area contributed by atoms with Gasteiger partial charge < -0.3 is 14.7 Å². The number of hydrogen-bond donors (Lipinski definition) is 0. The zero-order valence-electron chi connectivity index (χ0n) is 36.3. The lowest BCUT2D eigenvalue weighted by Crippen LogP contribution is -2.64. The van der Waals surface area contributed by atoms with Crippen LogP contribution in [-0.4, -0.2) is 12.3 Å². The van der Waals surface area contributed by atoms with Gasteiger partial charge in [-0.3, -0.25) is 0 Å². The molecule has 1 fully saturated rings. The van der Waals surface area contributed by atoms with E-state index in [0.29, 0.717) is 0 Å². The van der Waals surface area contributed by atoms with E-state index in [4.69, 9.17) is 0 Å². The van der Waals surface area contributed by atoms with E-state index in [0.717, 1.165) is 0 Å². The van der Waals surface area contributed by atoms with Crippen molar-refractivity contribution in [2.24, 2.45) is 0 Å². The van der Waals surface area contributed by atoms with Gasteiger partial charge in [-0.25, -0.2) is 0 Å². The van der Waals surface area contributed by atoms with Crippen molar-refractivity contribution < 1.29 is 0 Å². The molecule has 0 radical (unpaired) electrons. The van der Waals surface area contributed by atoms with Crippen molar-refractivity contribution in [3.8, 4) is 0 Å². The fourth-order valence-corrected chi connectivity index (χ4v) is 11.3. The number of anilines is 8. The Bertz CT molecular complexity index is 2580. The van der Waals surface area contributed by atoms with Crippen LogP contribution in [0.1, 0.15) is 109 Å². The number of benzene rings is 6. The van der Waals surface area contributed by atoms with Crippen LogP contribution in [0.3, 0.4) is 0 Å². The average Bonchev–Trinajstić information content (AvgIpc) is 3.41. The lowest BCUT2D eigenvalue weighted by molar-refractivity contribution is 0.195. The highest BCUT2D eigenvalue weighted by Gasteiger charge is 2.61. The summed E-state index contributed by atoms with van der Waals surface area (Å²) in [5, 5.41) is 0. The fourth-order valence-electron chi connectivity index (χ4n) is 11.3. The zero-order chi connectivity index (χ0) is 40.5. The monoisotopic (exact) mass is 759 g/mol. The lowest BCUT2D eigenvalue weighted by atomic mass is 9.33. The maximum Gasteiger partial charge on any atom is 0.252 e. The molecule has 0 bridgehead atoms. The van der Waals surface area contributed by atoms with Gasteiger partial charge >= 0.3 is 0 Å². The number of hydrogen-bond acceptors (Lipinski definition) is 3. The Balaban J connectivity index is 1.35. The molecular weight excluding hydrogens is 701 g/mol. The second-order valence-electron chi connectivity index (χ2n) is 20.3. The van der Waals surface area contributed by atoms with Crippen LogP contribution in [0.25, 0.3) is 0 Å². The van der Waals surface area contributed by atoms with Gasteiger partial charge in [0.2, 0.25) is 0 Å². The van der Waals surface area contributed by atoms with E-state index >= 15 is 0 Å². The van der Waals surface area contributed by atoms with Crippen molar-refractivity contribution in [1.82, 2.24) is 0 Å². The number of fused-ring (bicyclic) bond motifs is 7. The van der Waals surface area contributed by atoms with E-state index < -0.39 is 0 Å². The minimum absolute atomic E-state index is 0.0119. The van der Waals surface area contributed by atoms with E-state index in [2.05, 4.69) is 205 Å². The molecule has 4 heteroatoms. The molecule has 1 saturated carbocycles. The molecule has 6 aromatic carbocycles. The predicted molar refractivity (Wildman–Crippen MR) is 250 cm³/mol. The van der Waals surface area contributed by atoms with Crippen molar-refractivity contribution in [3.63, 3.8) is 0 Å². The van der Waals surface area contributed by atoms with Crippen LogP contribution in [-0.2, 0) is 16.2 Å². The summed E-state index contributed by atoms with van der Waals surface area (Å²) in [5.74, 6) is 0. The summed E-state index contributed by atoms with van der Waals surface area (Å²) in [6.45, 7) is 23.8. The summed E-state index contributed by atoms with van der Waals surface area (Å²) < 4.78 is 0. The number of nitrogens with zero attached hydrogens (tertiary/aromatic N) is 3. The molecule has 58 heavy (non-hydrogen) atoms. The Hall–Kier alpha value is -5.22. The maximum atomic E-state index is 2.86. The second kappa shape index (κ2) is 12.6. The first-order valence-corrected chi connectivity index (χ1v) is 21.7. The smallest absolute Gasteiger partial charge is 0.252 e. The van der Waals surface area contributed by atoms with Crippen LogP contribution in [0.5, 0.6) is 0 Å². The molecule has 0 amide bonds. The molecule has 2 atom stereocenters. The minimum Gasteiger partial charge on any atom is -0.335 e. The van der Waals surface area contributed by atoms with Crippen LogP contribution < -0.4 is 31.1 Å². The molecule has 6 aromatic rings. The largest absolute Gasteiger partial charge is 0.335 e. The predicted octanol–water partition coefficient (Wildman–Crippen LogP) is 12.7. The van der Waals surface area contributed by atoms with Crippen LogP contribution in [0, 0.1) is 13.8 Å². The highest BCUT2D eigenvalue weighted by molar-refractivity contribution is 7.00. The van der Waals surface area contributed by atoms with Crippen LogP contribution in [0.2, 0.25) is 0 Å². The van der Waals surface area contributed by atoms with Gasteiger partial charge in [-0.2, -0.15) is 0 Å². The van der Waals surface area contributed by atoms with Gasteiger partial charge in [0.25, 0.3) is 6.71 Å². The summed E-state index contributed by atoms with van der Waals surface area (Å²) in [7, 11) is 0. The van der Waals surface area contributed by atoms with E-state index in [-0.39, 0.29) is 28.5 Å². The first kappa shape index (κ1) is 37.1. The van der Waals surface area contributed by atoms with Crippen LogP contribution in [0.4, 0.5) is 45.5 Å². The van der Waals surface area contributed by atoms with Crippen molar-refractivity contribution in [2.75, 3.05) is 14.7 Å². The van der Waals surface area contributed by atoms with Gasteiger partial charge in [-0.15, -0.1) is 0 Å². The van der Waals surface area contributed by atoms with Gasteiger partial charge in [0.05, 0.1) is 11.2 Å². The third-order valence-electron chi connectivity index (χ3n) is 14.8. The van der Waals surface area contributed by atoms with E-state index in [9.17, 15) is 0 Å². The lowest BCUT2D eigenvalue weighted by Gasteiger charge is -2.53. The van der Waals surface area contributed by atoms with Gasteiger partial charge in [-0.1, -0.05) is 140 Å². The number of para-hydroxylation sites is 3. The topological polar surface area (TPSA) is 9.72 Å². The molecule has 1 aliphatic carbocycles. The van der Waals surface area contributed by atoms with E-state index in [1.165, 1.54) is 115 Å². The first-order valence-electron chi connectivity index (χ1n) is 21.7. The van der Waals surface area contributed by atoms with Crippen LogP contribution >= 0.6 is 0 Å². The highest BCUT2D eigenvalue weighted by atomic mass is 15.3. The van der Waals surface area contributed by atoms with Gasteiger partial charge in [0, 0.05) is 45.2 Å². The molecule has 0 aromatic heterocycles. The standard InChI is InChI=1S/C54H58BN3/c1-35-18-11-13-22-44(35)57(45-23-14-12-19-36(45)2)40-33-47-49-48(34-40)58-50-41(53(9)30-15-16-31-54(53,58)10)20-17-21-42(50)55(49)43-32-38(52(6,7)8)26-29-46(43)56(47)39-27-24-37(25-28-39)51(3,4)5/h11-14,17-29,32-34H,15-16,30-31H2,1-10H3. The summed E-state index contributed by atoms with van der Waals surface area (Å²) in [5.41, 5.74) is 21.3. The summed E-state index contributed by atoms with van der Waals surface area (Å²) in [6.07, 6.45) is 4.90. The second-order valence-corrected chi connectivity index (χ2v) is 20.3. The highest BCUT2D eigenvalue weighted by Crippen LogP contribution is 2.62. The Morgan fingerprint density at radius 1 is 0.586 bits per heavy atom. The number of aryl methyl sites for hydroxylation is 2. The van der Waals surface area contributed by atoms with Crippen molar-refractivity contribution >= 4 is 68.6 Å². The molecule has 3 heterocycles. The normalized spacial score (nSPS) is 20.3. The molecule has 0 saturated heterocycles. The maximum absolute atomic E-state index is 2.86. The van der Waals surface area contributed by atoms with Gasteiger partial charge in [0.1, 0.15) is 0 Å². The van der Waals surface area contributed by atoms with E-state index in [1.807, 2.05) is 0 Å². The fraction of sp³-hybridized carbons (Fsp3) is 0.333. The minimum atomic E-state index is -0.0655. The van der Waals surface area contributed by atoms with Crippen molar-refractivity contribution in [3.05, 3.63) is 149 Å². The molecule has 4 aliphatic rings. The summed E-state index contributed by atoms with van der Waals surface area (Å²) in [4.78, 5) is 8.01. The van der Waals surface area contributed by atoms with Crippen LogP contribution in [0.15, 0.2) is 121 Å². The van der Waals surface area contributed by atoms with Gasteiger partial charge in [-0.05, 0) is 131 Å². The third-order valence-corrected chi connectivity index (χ3v) is 14.8. The Morgan fingerprint density at radius 3 is 1.83 bits per heavy atom. The van der Waals surface area contributed by atoms with E-state index in [1.54, 1.807) is 0 Å². The molecule has 10 rings (SSSR count). The summed E-state index contributed by atoms with van der Waals surface area (Å²) in [6, 6.07) is 47.0. The quantitative estimate of drug-likeness (QED) is 0.166.